The minimum Gasteiger partial charge on any atom is -0.480 e. The summed E-state index contributed by atoms with van der Waals surface area (Å²) in [5, 5.41) is 13.3. The predicted molar refractivity (Wildman–Crippen MR) is 47.3 cm³/mol. The van der Waals surface area contributed by atoms with Gasteiger partial charge in [-0.25, -0.2) is 9.59 Å². The fourth-order valence-corrected chi connectivity index (χ4v) is 0.567. The number of nitrogens with two attached hydrogens (primary N) is 1. The number of carboxylic acid groups (broad SMARTS) is 1. The van der Waals surface area contributed by atoms with Crippen molar-refractivity contribution in [2.45, 2.75) is 19.4 Å². The van der Waals surface area contributed by atoms with Gasteiger partial charge in [0.05, 0.1) is 0 Å². The number of carbonyl (C=O) groups is 2. The molecule has 5 N–H and O–H groups in total. The van der Waals surface area contributed by atoms with E-state index in [2.05, 4.69) is 10.6 Å². The summed E-state index contributed by atoms with van der Waals surface area (Å²) < 4.78 is 0. The zero-order valence-corrected chi connectivity index (χ0v) is 7.76. The van der Waals surface area contributed by atoms with Crippen molar-refractivity contribution < 1.29 is 14.7 Å². The molecule has 0 aliphatic heterocycles. The summed E-state index contributed by atoms with van der Waals surface area (Å²) >= 11 is 0. The van der Waals surface area contributed by atoms with E-state index in [1.807, 2.05) is 0 Å². The Hall–Kier alpha value is -1.30. The molecule has 0 atom stereocenters. The summed E-state index contributed by atoms with van der Waals surface area (Å²) in [6, 6.07) is -0.530. The van der Waals surface area contributed by atoms with Gasteiger partial charge in [0.2, 0.25) is 0 Å². The number of hydrogen-bond donors (Lipinski definition) is 4. The molecule has 0 unspecified atom stereocenters. The SMILES string of the molecule is CC(C)(NC(=O)NCCN)C(=O)O. The molecular formula is C7H15N3O3. The molecule has 0 aliphatic carbocycles. The van der Waals surface area contributed by atoms with E-state index in [1.165, 1.54) is 13.8 Å². The number of urea groups is 1. The van der Waals surface area contributed by atoms with Gasteiger partial charge in [-0.1, -0.05) is 0 Å². The Morgan fingerprint density at radius 3 is 2.38 bits per heavy atom. The number of amides is 2. The van der Waals surface area contributed by atoms with Crippen molar-refractivity contribution in [2.75, 3.05) is 13.1 Å². The van der Waals surface area contributed by atoms with Crippen LogP contribution in [-0.4, -0.2) is 35.7 Å². The van der Waals surface area contributed by atoms with Crippen LogP contribution in [-0.2, 0) is 4.79 Å². The number of carbonyl (C=O) groups excluding carboxylic acids is 1. The lowest BCUT2D eigenvalue weighted by molar-refractivity contribution is -0.142. The van der Waals surface area contributed by atoms with Crippen molar-refractivity contribution in [1.29, 1.82) is 0 Å². The van der Waals surface area contributed by atoms with Crippen molar-refractivity contribution in [1.82, 2.24) is 10.6 Å². The number of hydrogen-bond acceptors (Lipinski definition) is 3. The van der Waals surface area contributed by atoms with Crippen molar-refractivity contribution >= 4 is 12.0 Å². The zero-order chi connectivity index (χ0) is 10.5. The molecule has 0 rings (SSSR count). The van der Waals surface area contributed by atoms with E-state index >= 15 is 0 Å². The second-order valence-corrected chi connectivity index (χ2v) is 3.10. The fraction of sp³-hybridized carbons (Fsp3) is 0.714. The third kappa shape index (κ3) is 4.32. The van der Waals surface area contributed by atoms with Crippen molar-refractivity contribution in [3.05, 3.63) is 0 Å². The first-order valence-electron chi connectivity index (χ1n) is 3.89. The van der Waals surface area contributed by atoms with Gasteiger partial charge in [-0.15, -0.1) is 0 Å². The van der Waals surface area contributed by atoms with Gasteiger partial charge in [-0.3, -0.25) is 0 Å². The molecule has 0 aliphatic rings. The molecule has 0 aromatic carbocycles. The summed E-state index contributed by atoms with van der Waals surface area (Å²) in [5.41, 5.74) is 3.88. The van der Waals surface area contributed by atoms with E-state index in [9.17, 15) is 9.59 Å². The highest BCUT2D eigenvalue weighted by molar-refractivity contribution is 5.85. The van der Waals surface area contributed by atoms with Gasteiger partial charge in [0.25, 0.3) is 0 Å². The molecule has 0 saturated heterocycles. The van der Waals surface area contributed by atoms with Crippen molar-refractivity contribution in [3.63, 3.8) is 0 Å². The number of aliphatic carboxylic acids is 1. The largest absolute Gasteiger partial charge is 0.480 e. The molecule has 13 heavy (non-hydrogen) atoms. The third-order valence-corrected chi connectivity index (χ3v) is 1.39. The molecule has 0 bridgehead atoms. The molecule has 6 nitrogen and oxygen atoms in total. The Bertz CT molecular complexity index is 203. The maximum absolute atomic E-state index is 11.0. The zero-order valence-electron chi connectivity index (χ0n) is 7.76. The maximum atomic E-state index is 11.0. The molecule has 0 heterocycles. The van der Waals surface area contributed by atoms with Crippen LogP contribution in [0.15, 0.2) is 0 Å². The molecule has 0 fully saturated rings. The summed E-state index contributed by atoms with van der Waals surface area (Å²) in [7, 11) is 0. The molecule has 76 valence electrons. The number of rotatable bonds is 4. The van der Waals surface area contributed by atoms with Crippen LogP contribution >= 0.6 is 0 Å². The van der Waals surface area contributed by atoms with E-state index in [0.717, 1.165) is 0 Å². The van der Waals surface area contributed by atoms with Gasteiger partial charge < -0.3 is 21.5 Å². The van der Waals surface area contributed by atoms with Crippen molar-refractivity contribution in [2.24, 2.45) is 5.73 Å². The normalized spacial score (nSPS) is 10.7. The smallest absolute Gasteiger partial charge is 0.328 e. The third-order valence-electron chi connectivity index (χ3n) is 1.39. The first-order chi connectivity index (χ1) is 5.90. The maximum Gasteiger partial charge on any atom is 0.328 e. The van der Waals surface area contributed by atoms with Gasteiger partial charge >= 0.3 is 12.0 Å². The summed E-state index contributed by atoms with van der Waals surface area (Å²) in [5.74, 6) is -1.09. The Morgan fingerprint density at radius 1 is 1.46 bits per heavy atom. The van der Waals surface area contributed by atoms with Crippen molar-refractivity contribution in [3.8, 4) is 0 Å². The highest BCUT2D eigenvalue weighted by Crippen LogP contribution is 2.00. The fourth-order valence-electron chi connectivity index (χ4n) is 0.567. The van der Waals surface area contributed by atoms with Gasteiger partial charge in [0.1, 0.15) is 5.54 Å². The summed E-state index contributed by atoms with van der Waals surface area (Å²) in [6.45, 7) is 3.44. The Labute approximate surface area is 76.5 Å². The van der Waals surface area contributed by atoms with Gasteiger partial charge in [-0.05, 0) is 13.8 Å². The lowest BCUT2D eigenvalue weighted by atomic mass is 10.1. The standard InChI is InChI=1S/C7H15N3O3/c1-7(2,5(11)12)10-6(13)9-4-3-8/h3-4,8H2,1-2H3,(H,11,12)(H2,9,10,13). The van der Waals surface area contributed by atoms with E-state index in [0.29, 0.717) is 13.1 Å². The Morgan fingerprint density at radius 2 is 2.00 bits per heavy atom. The van der Waals surface area contributed by atoms with Crippen LogP contribution in [0.25, 0.3) is 0 Å². The lowest BCUT2D eigenvalue weighted by Gasteiger charge is -2.20. The minimum atomic E-state index is -1.27. The molecule has 0 spiro atoms. The minimum absolute atomic E-state index is 0.320. The number of nitrogens with one attached hydrogen (secondary N) is 2. The average molecular weight is 189 g/mol. The van der Waals surface area contributed by atoms with Crippen LogP contribution in [0.2, 0.25) is 0 Å². The average Bonchev–Trinajstić information content (AvgIpc) is 1.99. The second kappa shape index (κ2) is 4.66. The summed E-state index contributed by atoms with van der Waals surface area (Å²) in [6.07, 6.45) is 0. The molecular weight excluding hydrogens is 174 g/mol. The van der Waals surface area contributed by atoms with E-state index in [-0.39, 0.29) is 0 Å². The first kappa shape index (κ1) is 11.7. The predicted octanol–water partition coefficient (Wildman–Crippen LogP) is -0.892. The van der Waals surface area contributed by atoms with Crippen LogP contribution in [0.1, 0.15) is 13.8 Å². The lowest BCUT2D eigenvalue weighted by Crippen LogP contribution is -2.53. The highest BCUT2D eigenvalue weighted by atomic mass is 16.4. The summed E-state index contributed by atoms with van der Waals surface area (Å²) in [4.78, 5) is 21.5. The van der Waals surface area contributed by atoms with Crippen LogP contribution in [0.3, 0.4) is 0 Å². The van der Waals surface area contributed by atoms with Gasteiger partial charge in [0.15, 0.2) is 0 Å². The highest BCUT2D eigenvalue weighted by Gasteiger charge is 2.28. The van der Waals surface area contributed by atoms with Crippen LogP contribution < -0.4 is 16.4 Å². The Kier molecular flexibility index (Phi) is 4.19. The monoisotopic (exact) mass is 189 g/mol. The molecule has 0 aromatic heterocycles. The van der Waals surface area contributed by atoms with Gasteiger partial charge in [-0.2, -0.15) is 0 Å². The van der Waals surface area contributed by atoms with Gasteiger partial charge in [0, 0.05) is 13.1 Å². The van der Waals surface area contributed by atoms with Crippen LogP contribution in [0.4, 0.5) is 4.79 Å². The van der Waals surface area contributed by atoms with Crippen LogP contribution in [0, 0.1) is 0 Å². The molecule has 6 heteroatoms. The molecule has 0 aromatic rings. The first-order valence-corrected chi connectivity index (χ1v) is 3.89. The topological polar surface area (TPSA) is 104 Å². The molecule has 2 amide bonds. The molecule has 0 radical (unpaired) electrons. The number of carboxylic acids is 1. The molecule has 0 saturated carbocycles. The quantitative estimate of drug-likeness (QED) is 0.460. The second-order valence-electron chi connectivity index (χ2n) is 3.10. The van der Waals surface area contributed by atoms with E-state index in [1.54, 1.807) is 0 Å². The Balaban J connectivity index is 3.97. The van der Waals surface area contributed by atoms with E-state index in [4.69, 9.17) is 10.8 Å². The van der Waals surface area contributed by atoms with Crippen LogP contribution in [0.5, 0.6) is 0 Å². The van der Waals surface area contributed by atoms with E-state index < -0.39 is 17.5 Å².